The Morgan fingerprint density at radius 2 is 2.00 bits per heavy atom. The Hall–Kier alpha value is -3.48. The zero-order valence-corrected chi connectivity index (χ0v) is 14.6. The van der Waals surface area contributed by atoms with Gasteiger partial charge in [-0.05, 0) is 29.7 Å². The first-order chi connectivity index (χ1) is 13.1. The Labute approximate surface area is 155 Å². The van der Waals surface area contributed by atoms with Crippen molar-refractivity contribution in [3.05, 3.63) is 70.1 Å². The summed E-state index contributed by atoms with van der Waals surface area (Å²) in [6.07, 6.45) is 2.75. The van der Waals surface area contributed by atoms with Crippen molar-refractivity contribution in [3.8, 4) is 0 Å². The molecule has 1 aromatic heterocycles. The molecular formula is C20H18N4O3. The molecule has 2 amide bonds. The maximum Gasteiger partial charge on any atom is 0.275 e. The molecule has 4 rings (SSSR count). The quantitative estimate of drug-likeness (QED) is 0.737. The number of aromatic nitrogens is 2. The van der Waals surface area contributed by atoms with E-state index in [-0.39, 0.29) is 23.9 Å². The zero-order chi connectivity index (χ0) is 18.8. The van der Waals surface area contributed by atoms with E-state index in [0.29, 0.717) is 24.8 Å². The van der Waals surface area contributed by atoms with Gasteiger partial charge in [-0.3, -0.25) is 14.4 Å². The number of amides is 2. The summed E-state index contributed by atoms with van der Waals surface area (Å²) in [4.78, 5) is 36.1. The number of anilines is 1. The molecule has 2 N–H and O–H groups in total. The maximum atomic E-state index is 12.4. The molecule has 7 heteroatoms. The minimum absolute atomic E-state index is 0.0249. The van der Waals surface area contributed by atoms with Crippen LogP contribution in [0, 0.1) is 0 Å². The van der Waals surface area contributed by atoms with Gasteiger partial charge in [-0.2, -0.15) is 5.10 Å². The van der Waals surface area contributed by atoms with Crippen LogP contribution in [0.5, 0.6) is 0 Å². The molecule has 7 nitrogen and oxygen atoms in total. The summed E-state index contributed by atoms with van der Waals surface area (Å²) < 4.78 is 1.17. The number of carbonyl (C=O) groups is 2. The molecule has 2 aromatic carbocycles. The minimum Gasteiger partial charge on any atom is -0.350 e. The predicted octanol–water partition coefficient (Wildman–Crippen LogP) is 1.60. The highest BCUT2D eigenvalue weighted by Crippen LogP contribution is 2.23. The second-order valence-electron chi connectivity index (χ2n) is 6.51. The third-order valence-corrected chi connectivity index (χ3v) is 4.61. The van der Waals surface area contributed by atoms with Gasteiger partial charge < -0.3 is 10.6 Å². The van der Waals surface area contributed by atoms with E-state index in [0.717, 1.165) is 22.2 Å². The van der Waals surface area contributed by atoms with Crippen LogP contribution in [0.2, 0.25) is 0 Å². The second kappa shape index (κ2) is 7.03. The number of nitrogens with one attached hydrogen (secondary N) is 2. The van der Waals surface area contributed by atoms with Crippen LogP contribution < -0.4 is 16.2 Å². The molecule has 136 valence electrons. The summed E-state index contributed by atoms with van der Waals surface area (Å²) in [7, 11) is 0. The maximum absolute atomic E-state index is 12.4. The summed E-state index contributed by atoms with van der Waals surface area (Å²) in [6, 6.07) is 12.9. The van der Waals surface area contributed by atoms with Crippen molar-refractivity contribution in [2.75, 3.05) is 5.32 Å². The first-order valence-corrected chi connectivity index (χ1v) is 8.73. The van der Waals surface area contributed by atoms with Crippen LogP contribution in [0.25, 0.3) is 10.8 Å². The molecule has 3 aromatic rings. The summed E-state index contributed by atoms with van der Waals surface area (Å²) >= 11 is 0. The molecule has 0 aliphatic carbocycles. The SMILES string of the molecule is O=C(Cn1ncc2ccccc2c1=O)NCc1ccc2c(c1)CCC(=O)N2. The van der Waals surface area contributed by atoms with Gasteiger partial charge in [0.1, 0.15) is 6.54 Å². The second-order valence-corrected chi connectivity index (χ2v) is 6.51. The van der Waals surface area contributed by atoms with Crippen molar-refractivity contribution >= 4 is 28.3 Å². The van der Waals surface area contributed by atoms with E-state index in [1.54, 1.807) is 18.3 Å². The predicted molar refractivity (Wildman–Crippen MR) is 101 cm³/mol. The van der Waals surface area contributed by atoms with E-state index in [9.17, 15) is 14.4 Å². The van der Waals surface area contributed by atoms with Gasteiger partial charge in [-0.15, -0.1) is 0 Å². The van der Waals surface area contributed by atoms with Crippen molar-refractivity contribution in [3.63, 3.8) is 0 Å². The number of benzene rings is 2. The van der Waals surface area contributed by atoms with Gasteiger partial charge in [0.15, 0.2) is 0 Å². The molecular weight excluding hydrogens is 344 g/mol. The summed E-state index contributed by atoms with van der Waals surface area (Å²) in [6.45, 7) is 0.215. The number of carbonyl (C=O) groups excluding carboxylic acids is 2. The lowest BCUT2D eigenvalue weighted by molar-refractivity contribution is -0.122. The van der Waals surface area contributed by atoms with Crippen molar-refractivity contribution in [2.45, 2.75) is 25.9 Å². The average molecular weight is 362 g/mol. The first kappa shape index (κ1) is 17.0. The van der Waals surface area contributed by atoms with Crippen LogP contribution in [0.4, 0.5) is 5.69 Å². The van der Waals surface area contributed by atoms with E-state index in [1.807, 2.05) is 30.3 Å². The molecule has 2 heterocycles. The first-order valence-electron chi connectivity index (χ1n) is 8.73. The van der Waals surface area contributed by atoms with Crippen molar-refractivity contribution < 1.29 is 9.59 Å². The fourth-order valence-electron chi connectivity index (χ4n) is 3.18. The van der Waals surface area contributed by atoms with E-state index in [4.69, 9.17) is 0 Å². The van der Waals surface area contributed by atoms with Crippen LogP contribution >= 0.6 is 0 Å². The van der Waals surface area contributed by atoms with Crippen LogP contribution in [-0.2, 0) is 29.1 Å². The van der Waals surface area contributed by atoms with E-state index in [2.05, 4.69) is 15.7 Å². The van der Waals surface area contributed by atoms with Gasteiger partial charge >= 0.3 is 0 Å². The highest BCUT2D eigenvalue weighted by molar-refractivity contribution is 5.93. The molecule has 1 aliphatic heterocycles. The highest BCUT2D eigenvalue weighted by Gasteiger charge is 2.15. The smallest absolute Gasteiger partial charge is 0.275 e. The number of hydrogen-bond donors (Lipinski definition) is 2. The normalized spacial score (nSPS) is 13.1. The Morgan fingerprint density at radius 3 is 2.89 bits per heavy atom. The van der Waals surface area contributed by atoms with E-state index < -0.39 is 0 Å². The van der Waals surface area contributed by atoms with Crippen molar-refractivity contribution in [1.29, 1.82) is 0 Å². The third kappa shape index (κ3) is 3.57. The molecule has 1 aliphatic rings. The number of fused-ring (bicyclic) bond motifs is 2. The Balaban J connectivity index is 1.42. The summed E-state index contributed by atoms with van der Waals surface area (Å²) in [5, 5.41) is 11.0. The van der Waals surface area contributed by atoms with Gasteiger partial charge in [-0.25, -0.2) is 4.68 Å². The standard InChI is InChI=1S/C20H18N4O3/c25-18-8-6-14-9-13(5-7-17(14)23-18)10-21-19(26)12-24-20(27)16-4-2-1-3-15(16)11-22-24/h1-5,7,9,11H,6,8,10,12H2,(H,21,26)(H,23,25). The largest absolute Gasteiger partial charge is 0.350 e. The molecule has 0 fully saturated rings. The molecule has 0 bridgehead atoms. The molecule has 0 radical (unpaired) electrons. The number of aryl methyl sites for hydroxylation is 1. The lowest BCUT2D eigenvalue weighted by Crippen LogP contribution is -2.33. The Morgan fingerprint density at radius 1 is 1.15 bits per heavy atom. The molecule has 27 heavy (non-hydrogen) atoms. The number of nitrogens with zero attached hydrogens (tertiary/aromatic N) is 2. The fraction of sp³-hybridized carbons (Fsp3) is 0.200. The van der Waals surface area contributed by atoms with Crippen LogP contribution in [0.1, 0.15) is 17.5 Å². The summed E-state index contributed by atoms with van der Waals surface area (Å²) in [5.41, 5.74) is 2.55. The fourth-order valence-corrected chi connectivity index (χ4v) is 3.18. The van der Waals surface area contributed by atoms with Crippen LogP contribution in [0.15, 0.2) is 53.5 Å². The molecule has 0 saturated heterocycles. The third-order valence-electron chi connectivity index (χ3n) is 4.61. The van der Waals surface area contributed by atoms with Gasteiger partial charge in [0.25, 0.3) is 5.56 Å². The average Bonchev–Trinajstić information content (AvgIpc) is 2.68. The van der Waals surface area contributed by atoms with Gasteiger partial charge in [0.2, 0.25) is 11.8 Å². The molecule has 0 spiro atoms. The number of hydrogen-bond acceptors (Lipinski definition) is 4. The van der Waals surface area contributed by atoms with Crippen LogP contribution in [0.3, 0.4) is 0 Å². The monoisotopic (exact) mass is 362 g/mol. The van der Waals surface area contributed by atoms with Crippen molar-refractivity contribution in [2.24, 2.45) is 0 Å². The van der Waals surface area contributed by atoms with Crippen LogP contribution in [-0.4, -0.2) is 21.6 Å². The van der Waals surface area contributed by atoms with Gasteiger partial charge in [0.05, 0.1) is 11.6 Å². The molecule has 0 saturated carbocycles. The van der Waals surface area contributed by atoms with Crippen molar-refractivity contribution in [1.82, 2.24) is 15.1 Å². The van der Waals surface area contributed by atoms with Gasteiger partial charge in [-0.1, -0.05) is 30.3 Å². The number of rotatable bonds is 4. The lowest BCUT2D eigenvalue weighted by atomic mass is 10.0. The summed E-state index contributed by atoms with van der Waals surface area (Å²) in [5.74, 6) is -0.261. The minimum atomic E-state index is -0.286. The Kier molecular flexibility index (Phi) is 4.42. The van der Waals surface area contributed by atoms with Gasteiger partial charge in [0, 0.05) is 24.0 Å². The molecule has 0 atom stereocenters. The highest BCUT2D eigenvalue weighted by atomic mass is 16.2. The van der Waals surface area contributed by atoms with E-state index in [1.165, 1.54) is 4.68 Å². The zero-order valence-electron chi connectivity index (χ0n) is 14.6. The Bertz CT molecular complexity index is 1100. The lowest BCUT2D eigenvalue weighted by Gasteiger charge is -2.17. The van der Waals surface area contributed by atoms with E-state index >= 15 is 0 Å². The molecule has 0 unspecified atom stereocenters. The topological polar surface area (TPSA) is 93.1 Å².